The fourth-order valence-electron chi connectivity index (χ4n) is 4.38. The van der Waals surface area contributed by atoms with Crippen LogP contribution in [0.3, 0.4) is 0 Å². The lowest BCUT2D eigenvalue weighted by molar-refractivity contribution is 0.252. The SMILES string of the molecule is COc1ccccc1-c1nnc2c3ccc(Cl)cc3nc(N(C)C3CCN(C)CC3)n12. The maximum atomic E-state index is 6.29. The van der Waals surface area contributed by atoms with Crippen molar-refractivity contribution in [2.45, 2.75) is 18.9 Å². The molecule has 3 heterocycles. The molecular weight excluding hydrogens is 412 g/mol. The van der Waals surface area contributed by atoms with Gasteiger partial charge in [0.25, 0.3) is 0 Å². The molecule has 0 bridgehead atoms. The van der Waals surface area contributed by atoms with Crippen LogP contribution >= 0.6 is 11.6 Å². The Labute approximate surface area is 186 Å². The summed E-state index contributed by atoms with van der Waals surface area (Å²) in [6.07, 6.45) is 2.16. The quantitative estimate of drug-likeness (QED) is 0.479. The van der Waals surface area contributed by atoms with E-state index in [-0.39, 0.29) is 0 Å². The monoisotopic (exact) mass is 436 g/mol. The van der Waals surface area contributed by atoms with Gasteiger partial charge in [0.15, 0.2) is 11.5 Å². The summed E-state index contributed by atoms with van der Waals surface area (Å²) in [5, 5.41) is 10.7. The number of aromatic nitrogens is 4. The Bertz CT molecular complexity index is 1250. The summed E-state index contributed by atoms with van der Waals surface area (Å²) in [6, 6.07) is 14.0. The zero-order valence-electron chi connectivity index (χ0n) is 17.9. The average molecular weight is 437 g/mol. The van der Waals surface area contributed by atoms with Crippen molar-refractivity contribution in [2.75, 3.05) is 39.2 Å². The Morgan fingerprint density at radius 1 is 1.10 bits per heavy atom. The second-order valence-corrected chi connectivity index (χ2v) is 8.54. The van der Waals surface area contributed by atoms with Crippen LogP contribution in [-0.2, 0) is 0 Å². The van der Waals surface area contributed by atoms with Gasteiger partial charge in [-0.15, -0.1) is 10.2 Å². The van der Waals surface area contributed by atoms with Crippen LogP contribution in [0, 0.1) is 0 Å². The molecule has 160 valence electrons. The summed E-state index contributed by atoms with van der Waals surface area (Å²) in [5.74, 6) is 2.28. The topological polar surface area (TPSA) is 58.8 Å². The van der Waals surface area contributed by atoms with Crippen LogP contribution in [0.5, 0.6) is 5.75 Å². The van der Waals surface area contributed by atoms with Crippen LogP contribution in [0.4, 0.5) is 5.95 Å². The molecular formula is C23H25ClN6O. The number of ether oxygens (including phenoxy) is 1. The summed E-state index contributed by atoms with van der Waals surface area (Å²) in [7, 11) is 5.95. The van der Waals surface area contributed by atoms with E-state index in [0.29, 0.717) is 16.9 Å². The first kappa shape index (κ1) is 20.0. The molecule has 7 nitrogen and oxygen atoms in total. The molecule has 31 heavy (non-hydrogen) atoms. The molecule has 0 amide bonds. The zero-order chi connectivity index (χ0) is 21.5. The molecule has 1 aliphatic heterocycles. The summed E-state index contributed by atoms with van der Waals surface area (Å²) < 4.78 is 7.66. The fraction of sp³-hybridized carbons (Fsp3) is 0.348. The maximum absolute atomic E-state index is 6.29. The Kier molecular flexibility index (Phi) is 5.16. The molecule has 0 aliphatic carbocycles. The molecule has 1 fully saturated rings. The molecule has 0 radical (unpaired) electrons. The molecule has 2 aromatic carbocycles. The summed E-state index contributed by atoms with van der Waals surface area (Å²) in [4.78, 5) is 9.68. The number of para-hydroxylation sites is 1. The van der Waals surface area contributed by atoms with Gasteiger partial charge in [0, 0.05) is 23.5 Å². The molecule has 5 rings (SSSR count). The van der Waals surface area contributed by atoms with Crippen molar-refractivity contribution < 1.29 is 4.74 Å². The van der Waals surface area contributed by atoms with E-state index >= 15 is 0 Å². The summed E-state index contributed by atoms with van der Waals surface area (Å²) >= 11 is 6.29. The lowest BCUT2D eigenvalue weighted by Crippen LogP contribution is -2.43. The number of hydrogen-bond acceptors (Lipinski definition) is 6. The van der Waals surface area contributed by atoms with Crippen LogP contribution in [-0.4, -0.2) is 64.8 Å². The predicted molar refractivity (Wildman–Crippen MR) is 124 cm³/mol. The molecule has 0 N–H and O–H groups in total. The molecule has 0 spiro atoms. The lowest BCUT2D eigenvalue weighted by atomic mass is 10.0. The van der Waals surface area contributed by atoms with E-state index in [1.165, 1.54) is 0 Å². The number of fused-ring (bicyclic) bond motifs is 3. The number of anilines is 1. The molecule has 0 saturated carbocycles. The minimum Gasteiger partial charge on any atom is -0.496 e. The van der Waals surface area contributed by atoms with Gasteiger partial charge in [-0.05, 0) is 63.3 Å². The van der Waals surface area contributed by atoms with Crippen molar-refractivity contribution >= 4 is 34.1 Å². The van der Waals surface area contributed by atoms with Crippen LogP contribution in [0.15, 0.2) is 42.5 Å². The number of rotatable bonds is 4. The van der Waals surface area contributed by atoms with Crippen molar-refractivity contribution in [1.82, 2.24) is 24.5 Å². The first-order valence-electron chi connectivity index (χ1n) is 10.5. The highest BCUT2D eigenvalue weighted by atomic mass is 35.5. The van der Waals surface area contributed by atoms with Crippen molar-refractivity contribution in [3.05, 3.63) is 47.5 Å². The maximum Gasteiger partial charge on any atom is 0.213 e. The van der Waals surface area contributed by atoms with Gasteiger partial charge in [-0.2, -0.15) is 0 Å². The third kappa shape index (κ3) is 3.47. The number of nitrogens with zero attached hydrogens (tertiary/aromatic N) is 6. The first-order chi connectivity index (χ1) is 15.1. The minimum atomic E-state index is 0.386. The number of likely N-dealkylation sites (tertiary alicyclic amines) is 1. The van der Waals surface area contributed by atoms with Crippen molar-refractivity contribution in [1.29, 1.82) is 0 Å². The second kappa shape index (κ2) is 7.98. The molecule has 2 aromatic heterocycles. The average Bonchev–Trinajstić information content (AvgIpc) is 3.23. The number of halogens is 1. The highest BCUT2D eigenvalue weighted by molar-refractivity contribution is 6.31. The van der Waals surface area contributed by atoms with Crippen LogP contribution in [0.2, 0.25) is 5.02 Å². The number of methoxy groups -OCH3 is 1. The molecule has 0 unspecified atom stereocenters. The minimum absolute atomic E-state index is 0.386. The van der Waals surface area contributed by atoms with E-state index in [4.69, 9.17) is 21.3 Å². The smallest absolute Gasteiger partial charge is 0.213 e. The van der Waals surface area contributed by atoms with E-state index in [1.807, 2.05) is 46.9 Å². The number of piperidine rings is 1. The highest BCUT2D eigenvalue weighted by Crippen LogP contribution is 2.34. The fourth-order valence-corrected chi connectivity index (χ4v) is 4.54. The Hall–Kier alpha value is -2.90. The number of hydrogen-bond donors (Lipinski definition) is 0. The molecule has 1 aliphatic rings. The van der Waals surface area contributed by atoms with Gasteiger partial charge in [0.05, 0.1) is 18.2 Å². The molecule has 0 atom stereocenters. The van der Waals surface area contributed by atoms with Gasteiger partial charge >= 0.3 is 0 Å². The van der Waals surface area contributed by atoms with E-state index < -0.39 is 0 Å². The summed E-state index contributed by atoms with van der Waals surface area (Å²) in [5.41, 5.74) is 2.46. The molecule has 4 aromatic rings. The van der Waals surface area contributed by atoms with Crippen LogP contribution in [0.25, 0.3) is 27.9 Å². The van der Waals surface area contributed by atoms with E-state index in [9.17, 15) is 0 Å². The third-order valence-corrected chi connectivity index (χ3v) is 6.42. The van der Waals surface area contributed by atoms with E-state index in [0.717, 1.165) is 59.7 Å². The summed E-state index contributed by atoms with van der Waals surface area (Å²) in [6.45, 7) is 2.14. The standard InChI is InChI=1S/C23H25ClN6O/c1-28-12-10-16(11-13-28)29(2)23-25-19-14-15(24)8-9-17(19)21-26-27-22(30(21)23)18-6-4-5-7-20(18)31-3/h4-9,14,16H,10-13H2,1-3H3. The van der Waals surface area contributed by atoms with Crippen molar-refractivity contribution in [3.8, 4) is 17.1 Å². The van der Waals surface area contributed by atoms with E-state index in [1.54, 1.807) is 7.11 Å². The van der Waals surface area contributed by atoms with Gasteiger partial charge < -0.3 is 14.5 Å². The van der Waals surface area contributed by atoms with Crippen LogP contribution in [0.1, 0.15) is 12.8 Å². The van der Waals surface area contributed by atoms with Gasteiger partial charge in [-0.25, -0.2) is 9.38 Å². The lowest BCUT2D eigenvalue weighted by Gasteiger charge is -2.36. The van der Waals surface area contributed by atoms with E-state index in [2.05, 4.69) is 34.1 Å². The zero-order valence-corrected chi connectivity index (χ0v) is 18.7. The second-order valence-electron chi connectivity index (χ2n) is 8.10. The van der Waals surface area contributed by atoms with Gasteiger partial charge in [-0.3, -0.25) is 0 Å². The van der Waals surface area contributed by atoms with Crippen molar-refractivity contribution in [3.63, 3.8) is 0 Å². The normalized spacial score (nSPS) is 15.6. The predicted octanol–water partition coefficient (Wildman–Crippen LogP) is 4.14. The first-order valence-corrected chi connectivity index (χ1v) is 10.8. The largest absolute Gasteiger partial charge is 0.496 e. The number of benzene rings is 2. The molecule has 1 saturated heterocycles. The third-order valence-electron chi connectivity index (χ3n) is 6.18. The molecule has 8 heteroatoms. The van der Waals surface area contributed by atoms with Crippen molar-refractivity contribution in [2.24, 2.45) is 0 Å². The highest BCUT2D eigenvalue weighted by Gasteiger charge is 2.26. The van der Waals surface area contributed by atoms with Crippen LogP contribution < -0.4 is 9.64 Å². The van der Waals surface area contributed by atoms with Gasteiger partial charge in [0.1, 0.15) is 5.75 Å². The Balaban J connectivity index is 1.76. The Morgan fingerprint density at radius 2 is 1.87 bits per heavy atom. The van der Waals surface area contributed by atoms with Gasteiger partial charge in [0.2, 0.25) is 5.95 Å². The van der Waals surface area contributed by atoms with Gasteiger partial charge in [-0.1, -0.05) is 23.7 Å². The Morgan fingerprint density at radius 3 is 2.65 bits per heavy atom.